The Morgan fingerprint density at radius 3 is 2.96 bits per heavy atom. The lowest BCUT2D eigenvalue weighted by atomic mass is 10.1. The average Bonchev–Trinajstić information content (AvgIpc) is 2.96. The highest BCUT2D eigenvalue weighted by Crippen LogP contribution is 2.21. The number of halogens is 1. The number of hydrogen-bond donors (Lipinski definition) is 2. The third-order valence-electron chi connectivity index (χ3n) is 4.43. The molecule has 1 aliphatic rings. The molecule has 1 aromatic carbocycles. The van der Waals surface area contributed by atoms with Gasteiger partial charge < -0.3 is 19.8 Å². The normalized spacial score (nSPS) is 18.4. The molecule has 1 aliphatic heterocycles. The highest BCUT2D eigenvalue weighted by molar-refractivity contribution is 6.30. The van der Waals surface area contributed by atoms with Crippen LogP contribution in [0.2, 0.25) is 5.02 Å². The quantitative estimate of drug-likeness (QED) is 0.444. The number of carboxylic acid groups (broad SMARTS) is 1. The first-order valence-electron chi connectivity index (χ1n) is 9.15. The van der Waals surface area contributed by atoms with Crippen molar-refractivity contribution in [1.29, 1.82) is 0 Å². The van der Waals surface area contributed by atoms with Gasteiger partial charge in [-0.3, -0.25) is 4.79 Å². The van der Waals surface area contributed by atoms with Gasteiger partial charge in [-0.2, -0.15) is 0 Å². The SMILES string of the molecule is O=C(O)COCCCCN1C(=O)CCC1/C=C/[C@H](O)Cc1cccc(Cl)c1. The molecular formula is C20H26ClNO5. The molecule has 2 rings (SSSR count). The van der Waals surface area contributed by atoms with Crippen LogP contribution in [0, 0.1) is 0 Å². The summed E-state index contributed by atoms with van der Waals surface area (Å²) in [6, 6.07) is 7.39. The van der Waals surface area contributed by atoms with E-state index >= 15 is 0 Å². The molecule has 148 valence electrons. The van der Waals surface area contributed by atoms with Crippen LogP contribution >= 0.6 is 11.6 Å². The first-order valence-corrected chi connectivity index (χ1v) is 9.53. The van der Waals surface area contributed by atoms with Gasteiger partial charge in [-0.1, -0.05) is 35.9 Å². The minimum absolute atomic E-state index is 0.00792. The third kappa shape index (κ3) is 7.71. The summed E-state index contributed by atoms with van der Waals surface area (Å²) in [5, 5.41) is 19.4. The summed E-state index contributed by atoms with van der Waals surface area (Å²) in [5.41, 5.74) is 0.959. The lowest BCUT2D eigenvalue weighted by Gasteiger charge is -2.22. The maximum absolute atomic E-state index is 12.1. The number of aliphatic carboxylic acids is 1. The molecule has 2 atom stereocenters. The standard InChI is InChI=1S/C20H26ClNO5/c21-16-5-3-4-15(12-16)13-18(23)8-6-17-7-9-19(24)22(17)10-1-2-11-27-14-20(25)26/h3-6,8,12,17-18,23H,1-2,7,9-11,13-14H2,(H,25,26)/b8-6+/t17?,18-/m0/s1. The summed E-state index contributed by atoms with van der Waals surface area (Å²) < 4.78 is 5.00. The third-order valence-corrected chi connectivity index (χ3v) is 4.66. The summed E-state index contributed by atoms with van der Waals surface area (Å²) in [4.78, 5) is 24.3. The number of likely N-dealkylation sites (tertiary alicyclic amines) is 1. The van der Waals surface area contributed by atoms with Crippen molar-refractivity contribution in [2.24, 2.45) is 0 Å². The van der Waals surface area contributed by atoms with Crippen molar-refractivity contribution in [3.63, 3.8) is 0 Å². The van der Waals surface area contributed by atoms with Crippen LogP contribution in [0.3, 0.4) is 0 Å². The molecule has 27 heavy (non-hydrogen) atoms. The zero-order chi connectivity index (χ0) is 19.6. The number of aliphatic hydroxyl groups is 1. The summed E-state index contributed by atoms with van der Waals surface area (Å²) in [7, 11) is 0. The number of unbranched alkanes of at least 4 members (excludes halogenated alkanes) is 1. The van der Waals surface area contributed by atoms with Crippen LogP contribution in [0.25, 0.3) is 0 Å². The fourth-order valence-corrected chi connectivity index (χ4v) is 3.34. The van der Waals surface area contributed by atoms with Crippen LogP contribution in [-0.4, -0.2) is 58.9 Å². The van der Waals surface area contributed by atoms with E-state index in [1.54, 1.807) is 12.1 Å². The molecule has 1 saturated heterocycles. The Morgan fingerprint density at radius 2 is 2.22 bits per heavy atom. The van der Waals surface area contributed by atoms with Gasteiger partial charge in [0.05, 0.1) is 12.1 Å². The Hall–Kier alpha value is -1.89. The predicted octanol–water partition coefficient (Wildman–Crippen LogP) is 2.67. The maximum Gasteiger partial charge on any atom is 0.329 e. The van der Waals surface area contributed by atoms with Gasteiger partial charge in [0, 0.05) is 31.0 Å². The van der Waals surface area contributed by atoms with Crippen LogP contribution < -0.4 is 0 Å². The van der Waals surface area contributed by atoms with E-state index in [1.165, 1.54) is 0 Å². The Bertz CT molecular complexity index is 664. The molecule has 0 spiro atoms. The van der Waals surface area contributed by atoms with Crippen LogP contribution in [0.4, 0.5) is 0 Å². The second-order valence-electron chi connectivity index (χ2n) is 6.63. The van der Waals surface area contributed by atoms with Gasteiger partial charge in [-0.15, -0.1) is 0 Å². The molecule has 7 heteroatoms. The first kappa shape index (κ1) is 21.4. The molecular weight excluding hydrogens is 370 g/mol. The number of ether oxygens (including phenoxy) is 1. The number of carbonyl (C=O) groups excluding carboxylic acids is 1. The Labute approximate surface area is 164 Å². The van der Waals surface area contributed by atoms with E-state index in [2.05, 4.69) is 0 Å². The molecule has 2 N–H and O–H groups in total. The zero-order valence-electron chi connectivity index (χ0n) is 15.2. The highest BCUT2D eigenvalue weighted by atomic mass is 35.5. The van der Waals surface area contributed by atoms with E-state index in [-0.39, 0.29) is 18.6 Å². The molecule has 6 nitrogen and oxygen atoms in total. The number of carbonyl (C=O) groups is 2. The molecule has 0 radical (unpaired) electrons. The van der Waals surface area contributed by atoms with Crippen molar-refractivity contribution in [1.82, 2.24) is 4.90 Å². The summed E-state index contributed by atoms with van der Waals surface area (Å²) in [5.74, 6) is -0.869. The van der Waals surface area contributed by atoms with Crippen LogP contribution in [-0.2, 0) is 20.7 Å². The fraction of sp³-hybridized carbons (Fsp3) is 0.500. The van der Waals surface area contributed by atoms with E-state index in [1.807, 2.05) is 29.2 Å². The summed E-state index contributed by atoms with van der Waals surface area (Å²) in [6.45, 7) is 0.681. The summed E-state index contributed by atoms with van der Waals surface area (Å²) >= 11 is 5.96. The van der Waals surface area contributed by atoms with Gasteiger partial charge >= 0.3 is 5.97 Å². The van der Waals surface area contributed by atoms with Crippen LogP contribution in [0.1, 0.15) is 31.2 Å². The number of benzene rings is 1. The number of amides is 1. The van der Waals surface area contributed by atoms with E-state index in [9.17, 15) is 14.7 Å². The number of aliphatic hydroxyl groups excluding tert-OH is 1. The highest BCUT2D eigenvalue weighted by Gasteiger charge is 2.28. The second kappa shape index (κ2) is 11.1. The molecule has 1 heterocycles. The van der Waals surface area contributed by atoms with E-state index in [0.717, 1.165) is 18.4 Å². The van der Waals surface area contributed by atoms with E-state index < -0.39 is 12.1 Å². The van der Waals surface area contributed by atoms with Crippen molar-refractivity contribution in [2.45, 2.75) is 44.2 Å². The Balaban J connectivity index is 1.77. The molecule has 0 bridgehead atoms. The lowest BCUT2D eigenvalue weighted by molar-refractivity contribution is -0.142. The molecule has 1 amide bonds. The van der Waals surface area contributed by atoms with Crippen molar-refractivity contribution in [3.05, 3.63) is 47.0 Å². The van der Waals surface area contributed by atoms with Gasteiger partial charge in [0.25, 0.3) is 0 Å². The van der Waals surface area contributed by atoms with Crippen molar-refractivity contribution >= 4 is 23.5 Å². The zero-order valence-corrected chi connectivity index (χ0v) is 16.0. The second-order valence-corrected chi connectivity index (χ2v) is 7.07. The molecule has 1 unspecified atom stereocenters. The monoisotopic (exact) mass is 395 g/mol. The molecule has 0 aliphatic carbocycles. The van der Waals surface area contributed by atoms with E-state index in [4.69, 9.17) is 21.4 Å². The molecule has 0 aromatic heterocycles. The van der Waals surface area contributed by atoms with Gasteiger partial charge in [-0.05, 0) is 37.0 Å². The summed E-state index contributed by atoms with van der Waals surface area (Å²) in [6.07, 6.45) is 6.19. The van der Waals surface area contributed by atoms with E-state index in [0.29, 0.717) is 37.4 Å². The lowest BCUT2D eigenvalue weighted by Crippen LogP contribution is -2.33. The van der Waals surface area contributed by atoms with Gasteiger partial charge in [-0.25, -0.2) is 4.79 Å². The number of hydrogen-bond acceptors (Lipinski definition) is 4. The number of carboxylic acids is 1. The number of rotatable bonds is 11. The number of nitrogens with zero attached hydrogens (tertiary/aromatic N) is 1. The fourth-order valence-electron chi connectivity index (χ4n) is 3.12. The maximum atomic E-state index is 12.1. The molecule has 0 saturated carbocycles. The van der Waals surface area contributed by atoms with Gasteiger partial charge in [0.1, 0.15) is 6.61 Å². The van der Waals surface area contributed by atoms with Crippen molar-refractivity contribution in [2.75, 3.05) is 19.8 Å². The Morgan fingerprint density at radius 1 is 1.41 bits per heavy atom. The van der Waals surface area contributed by atoms with Gasteiger partial charge in [0.15, 0.2) is 0 Å². The average molecular weight is 396 g/mol. The van der Waals surface area contributed by atoms with Crippen LogP contribution in [0.5, 0.6) is 0 Å². The van der Waals surface area contributed by atoms with Crippen molar-refractivity contribution < 1.29 is 24.5 Å². The van der Waals surface area contributed by atoms with Gasteiger partial charge in [0.2, 0.25) is 5.91 Å². The predicted molar refractivity (Wildman–Crippen MR) is 103 cm³/mol. The van der Waals surface area contributed by atoms with Crippen molar-refractivity contribution in [3.8, 4) is 0 Å². The minimum Gasteiger partial charge on any atom is -0.480 e. The largest absolute Gasteiger partial charge is 0.480 e. The Kier molecular flexibility index (Phi) is 8.78. The topological polar surface area (TPSA) is 87.1 Å². The minimum atomic E-state index is -0.980. The smallest absolute Gasteiger partial charge is 0.329 e. The molecule has 1 aromatic rings. The van der Waals surface area contributed by atoms with Crippen LogP contribution in [0.15, 0.2) is 36.4 Å². The molecule has 1 fully saturated rings. The first-order chi connectivity index (χ1) is 13.0.